The minimum atomic E-state index is -3.69. The van der Waals surface area contributed by atoms with Crippen LogP contribution >= 0.6 is 6.64 Å². The number of methoxy groups -OCH3 is 1. The van der Waals surface area contributed by atoms with E-state index in [0.717, 1.165) is 6.92 Å². The molecule has 6 atom stereocenters. The maximum atomic E-state index is 16.2. The topological polar surface area (TPSA) is 133 Å². The van der Waals surface area contributed by atoms with E-state index in [1.54, 1.807) is 56.3 Å². The number of halogens is 2. The van der Waals surface area contributed by atoms with Gasteiger partial charge in [0.2, 0.25) is 0 Å². The van der Waals surface area contributed by atoms with Gasteiger partial charge < -0.3 is 28.5 Å². The number of carbonyl (C=O) groups is 1. The highest BCUT2D eigenvalue weighted by Crippen LogP contribution is 2.52. The van der Waals surface area contributed by atoms with E-state index in [9.17, 15) is 9.90 Å². The Morgan fingerprint density at radius 2 is 2.00 bits per heavy atom. The number of aryl methyl sites for hydroxylation is 1. The summed E-state index contributed by atoms with van der Waals surface area (Å²) < 4.78 is 55.2. The average molecular weight is 601 g/mol. The standard InChI is InChI=1S/C24H31F2N6O6PS/c1-14(20(33)35-6)30-39(40,38-16-10-8-7-9-11-16)36-12-24(26)21(34)23(3,25)22(37-24)32-13-27-17-18(31(4)5)28-15(2)29-19(17)32/h7-11,13-14,21-22,34H,12H2,1-6H3,(H,30,40)/t14-,21+,22-,23-,24-,39-/m1/s1. The number of hydrogen-bond acceptors (Lipinski definition) is 11. The van der Waals surface area contributed by atoms with E-state index < -0.39 is 49.1 Å². The molecule has 2 aromatic heterocycles. The number of esters is 1. The van der Waals surface area contributed by atoms with E-state index in [1.807, 2.05) is 0 Å². The van der Waals surface area contributed by atoms with Gasteiger partial charge in [-0.05, 0) is 44.7 Å². The van der Waals surface area contributed by atoms with Crippen LogP contribution < -0.4 is 14.5 Å². The number of aliphatic hydroxyl groups excluding tert-OH is 1. The molecule has 218 valence electrons. The van der Waals surface area contributed by atoms with E-state index in [4.69, 9.17) is 30.3 Å². The molecule has 16 heteroatoms. The summed E-state index contributed by atoms with van der Waals surface area (Å²) in [6.45, 7) is -0.601. The number of anilines is 1. The minimum Gasteiger partial charge on any atom is -0.468 e. The molecule has 40 heavy (non-hydrogen) atoms. The third kappa shape index (κ3) is 5.80. The van der Waals surface area contributed by atoms with E-state index in [0.29, 0.717) is 17.2 Å². The van der Waals surface area contributed by atoms with Gasteiger partial charge in [-0.2, -0.15) is 0 Å². The van der Waals surface area contributed by atoms with Crippen molar-refractivity contribution in [3.63, 3.8) is 0 Å². The zero-order chi connectivity index (χ0) is 29.5. The van der Waals surface area contributed by atoms with Crippen LogP contribution in [0.1, 0.15) is 25.9 Å². The third-order valence-electron chi connectivity index (χ3n) is 6.23. The number of nitrogens with zero attached hydrogens (tertiary/aromatic N) is 5. The zero-order valence-electron chi connectivity index (χ0n) is 22.7. The van der Waals surface area contributed by atoms with E-state index in [1.165, 1.54) is 24.9 Å². The van der Waals surface area contributed by atoms with Crippen LogP contribution in [0.5, 0.6) is 5.75 Å². The number of rotatable bonds is 10. The van der Waals surface area contributed by atoms with Gasteiger partial charge in [-0.15, -0.1) is 0 Å². The molecule has 1 fully saturated rings. The molecule has 0 bridgehead atoms. The minimum absolute atomic E-state index is 0.188. The molecule has 0 aliphatic carbocycles. The number of aliphatic hydroxyl groups is 1. The fourth-order valence-electron chi connectivity index (χ4n) is 4.20. The van der Waals surface area contributed by atoms with Crippen LogP contribution in [0.4, 0.5) is 14.6 Å². The lowest BCUT2D eigenvalue weighted by Gasteiger charge is -2.30. The van der Waals surface area contributed by atoms with Crippen LogP contribution in [0.2, 0.25) is 0 Å². The number of nitrogens with one attached hydrogen (secondary N) is 1. The Bertz CT molecular complexity index is 1430. The molecule has 4 rings (SSSR count). The smallest absolute Gasteiger partial charge is 0.323 e. The van der Waals surface area contributed by atoms with Crippen molar-refractivity contribution in [1.82, 2.24) is 24.6 Å². The van der Waals surface area contributed by atoms with Crippen LogP contribution in [-0.2, 0) is 30.6 Å². The van der Waals surface area contributed by atoms with Gasteiger partial charge in [0.05, 0.1) is 13.4 Å². The van der Waals surface area contributed by atoms with Crippen LogP contribution in [0.15, 0.2) is 36.7 Å². The number of hydrogen-bond donors (Lipinski definition) is 2. The molecule has 1 aliphatic rings. The van der Waals surface area contributed by atoms with Gasteiger partial charge in [0, 0.05) is 14.1 Å². The normalized spacial score (nSPS) is 26.8. The van der Waals surface area contributed by atoms with Crippen molar-refractivity contribution in [2.75, 3.05) is 32.7 Å². The molecule has 0 saturated carbocycles. The predicted molar refractivity (Wildman–Crippen MR) is 146 cm³/mol. The van der Waals surface area contributed by atoms with Gasteiger partial charge in [0.25, 0.3) is 5.85 Å². The van der Waals surface area contributed by atoms with Crippen molar-refractivity contribution < 1.29 is 37.2 Å². The molecule has 1 aliphatic heterocycles. The van der Waals surface area contributed by atoms with Crippen molar-refractivity contribution in [3.05, 3.63) is 42.5 Å². The largest absolute Gasteiger partial charge is 0.468 e. The summed E-state index contributed by atoms with van der Waals surface area (Å²) in [5.41, 5.74) is -2.13. The molecule has 2 N–H and O–H groups in total. The highest BCUT2D eigenvalue weighted by Gasteiger charge is 2.65. The number of imidazole rings is 1. The summed E-state index contributed by atoms with van der Waals surface area (Å²) in [6.07, 6.45) is -2.74. The summed E-state index contributed by atoms with van der Waals surface area (Å²) in [5.74, 6) is -2.62. The van der Waals surface area contributed by atoms with Gasteiger partial charge in [-0.1, -0.05) is 18.2 Å². The quantitative estimate of drug-likeness (QED) is 0.262. The first-order chi connectivity index (χ1) is 18.7. The number of aromatic nitrogens is 4. The molecule has 0 spiro atoms. The lowest BCUT2D eigenvalue weighted by molar-refractivity contribution is -0.202. The molecule has 0 amide bonds. The lowest BCUT2D eigenvalue weighted by Crippen LogP contribution is -2.47. The first-order valence-electron chi connectivity index (χ1n) is 12.2. The maximum Gasteiger partial charge on any atom is 0.323 e. The number of para-hydroxylation sites is 1. The van der Waals surface area contributed by atoms with Crippen molar-refractivity contribution in [2.45, 2.75) is 50.7 Å². The summed E-state index contributed by atoms with van der Waals surface area (Å²) in [7, 11) is 4.71. The Morgan fingerprint density at radius 1 is 1.32 bits per heavy atom. The average Bonchev–Trinajstić information content (AvgIpc) is 3.39. The Kier molecular flexibility index (Phi) is 8.46. The molecule has 1 aromatic carbocycles. The first-order valence-corrected chi connectivity index (χ1v) is 14.8. The fourth-order valence-corrected chi connectivity index (χ4v) is 6.60. The summed E-state index contributed by atoms with van der Waals surface area (Å²) in [4.78, 5) is 26.7. The molecule has 0 radical (unpaired) electrons. The molecule has 1 saturated heterocycles. The first kappa shape index (κ1) is 30.2. The number of fused-ring (bicyclic) bond motifs is 1. The second kappa shape index (κ2) is 11.2. The Hall–Kier alpha value is -2.81. The van der Waals surface area contributed by atoms with Gasteiger partial charge in [0.15, 0.2) is 35.0 Å². The number of alkyl halides is 2. The summed E-state index contributed by atoms with van der Waals surface area (Å²) in [5, 5.41) is 13.6. The van der Waals surface area contributed by atoms with Crippen LogP contribution in [-0.4, -0.2) is 82.1 Å². The van der Waals surface area contributed by atoms with E-state index in [2.05, 4.69) is 20.0 Å². The van der Waals surface area contributed by atoms with Crippen molar-refractivity contribution >= 4 is 41.4 Å². The highest BCUT2D eigenvalue weighted by molar-refractivity contribution is 8.09. The monoisotopic (exact) mass is 600 g/mol. The molecular formula is C24H31F2N6O6PS. The SMILES string of the molecule is COC(=O)[C@@H](C)N[P@@](=S)(OC[C@@]1(F)O[C@@H](n2cnc3c(N(C)C)nc(C)nc32)[C@](C)(F)[C@@H]1O)Oc1ccccc1. The number of carbonyl (C=O) groups excluding carboxylic acids is 1. The van der Waals surface area contributed by atoms with Gasteiger partial charge >= 0.3 is 12.6 Å². The number of ether oxygens (including phenoxy) is 2. The Balaban J connectivity index is 1.64. The highest BCUT2D eigenvalue weighted by atomic mass is 32.5. The second-order valence-electron chi connectivity index (χ2n) is 9.67. The van der Waals surface area contributed by atoms with Crippen LogP contribution in [0.3, 0.4) is 0 Å². The number of benzene rings is 1. The van der Waals surface area contributed by atoms with Crippen molar-refractivity contribution in [1.29, 1.82) is 0 Å². The lowest BCUT2D eigenvalue weighted by atomic mass is 9.97. The molecule has 12 nitrogen and oxygen atoms in total. The van der Waals surface area contributed by atoms with Gasteiger partial charge in [-0.3, -0.25) is 9.36 Å². The molecule has 3 heterocycles. The predicted octanol–water partition coefficient (Wildman–Crippen LogP) is 2.96. The third-order valence-corrected chi connectivity index (χ3v) is 8.71. The van der Waals surface area contributed by atoms with Gasteiger partial charge in [-0.25, -0.2) is 28.8 Å². The van der Waals surface area contributed by atoms with E-state index >= 15 is 8.78 Å². The van der Waals surface area contributed by atoms with Crippen LogP contribution in [0.25, 0.3) is 11.2 Å². The molecule has 0 unspecified atom stereocenters. The maximum absolute atomic E-state index is 16.2. The summed E-state index contributed by atoms with van der Waals surface area (Å²) in [6, 6.07) is 7.30. The summed E-state index contributed by atoms with van der Waals surface area (Å²) >= 11 is 5.55. The zero-order valence-corrected chi connectivity index (χ0v) is 24.5. The van der Waals surface area contributed by atoms with E-state index in [-0.39, 0.29) is 11.4 Å². The van der Waals surface area contributed by atoms with Crippen LogP contribution in [0, 0.1) is 6.92 Å². The fraction of sp³-hybridized carbons (Fsp3) is 0.500. The van der Waals surface area contributed by atoms with Gasteiger partial charge in [0.1, 0.15) is 24.2 Å². The second-order valence-corrected chi connectivity index (χ2v) is 12.8. The van der Waals surface area contributed by atoms with Crippen molar-refractivity contribution in [2.24, 2.45) is 0 Å². The Labute approximate surface area is 234 Å². The molecule has 3 aromatic rings. The molecular weight excluding hydrogens is 569 g/mol. The van der Waals surface area contributed by atoms with Crippen molar-refractivity contribution in [3.8, 4) is 5.75 Å². The Morgan fingerprint density at radius 3 is 2.62 bits per heavy atom.